The van der Waals surface area contributed by atoms with E-state index in [0.717, 1.165) is 0 Å². The van der Waals surface area contributed by atoms with Crippen LogP contribution in [0.5, 0.6) is 23.0 Å². The van der Waals surface area contributed by atoms with Crippen molar-refractivity contribution in [3.63, 3.8) is 0 Å². The van der Waals surface area contributed by atoms with Gasteiger partial charge in [0.2, 0.25) is 0 Å². The fourth-order valence-electron chi connectivity index (χ4n) is 2.30. The molecule has 0 unspecified atom stereocenters. The quantitative estimate of drug-likeness (QED) is 0.469. The normalized spacial score (nSPS) is 10.9. The van der Waals surface area contributed by atoms with Crippen molar-refractivity contribution in [3.05, 3.63) is 52.6 Å². The first kappa shape index (κ1) is 20.5. The molecule has 27 heavy (non-hydrogen) atoms. The van der Waals surface area contributed by atoms with Crippen molar-refractivity contribution in [3.8, 4) is 23.0 Å². The van der Waals surface area contributed by atoms with Crippen molar-refractivity contribution < 1.29 is 32.5 Å². The van der Waals surface area contributed by atoms with E-state index in [2.05, 4.69) is 4.74 Å². The Balaban J connectivity index is 2.28. The Hall–Kier alpha value is -2.80. The number of allylic oxidation sites excluding steroid dienone is 1. The molecule has 0 N–H and O–H groups in total. The molecule has 0 spiro atoms. The lowest BCUT2D eigenvalue weighted by Crippen LogP contribution is -2.03. The van der Waals surface area contributed by atoms with Crippen LogP contribution in [-0.4, -0.2) is 33.7 Å². The van der Waals surface area contributed by atoms with Gasteiger partial charge in [0.1, 0.15) is 11.5 Å². The molecule has 2 aromatic carbocycles. The number of benzene rings is 2. The summed E-state index contributed by atoms with van der Waals surface area (Å²) in [7, 11) is 4.21. The number of methoxy groups -OCH3 is 3. The van der Waals surface area contributed by atoms with Gasteiger partial charge in [0.25, 0.3) is 0 Å². The fraction of sp³-hybridized carbons (Fsp3) is 0.211. The predicted octanol–water partition coefficient (Wildman–Crippen LogP) is 4.86. The summed E-state index contributed by atoms with van der Waals surface area (Å²) in [6.45, 7) is -2.96. The molecule has 8 heteroatoms. The van der Waals surface area contributed by atoms with Gasteiger partial charge in [-0.2, -0.15) is 8.78 Å². The summed E-state index contributed by atoms with van der Waals surface area (Å²) >= 11 is 6.07. The van der Waals surface area contributed by atoms with Crippen LogP contribution in [0.3, 0.4) is 0 Å². The van der Waals surface area contributed by atoms with Gasteiger partial charge in [-0.05, 0) is 29.8 Å². The molecule has 2 aromatic rings. The summed E-state index contributed by atoms with van der Waals surface area (Å²) in [5.74, 6) is 0.357. The zero-order chi connectivity index (χ0) is 20.0. The molecule has 0 amide bonds. The largest absolute Gasteiger partial charge is 0.496 e. The number of rotatable bonds is 8. The predicted molar refractivity (Wildman–Crippen MR) is 97.5 cm³/mol. The Bertz CT molecular complexity index is 852. The maximum atomic E-state index is 12.5. The zero-order valence-corrected chi connectivity index (χ0v) is 15.5. The minimum absolute atomic E-state index is 0.0976. The number of carbonyl (C=O) groups is 1. The van der Waals surface area contributed by atoms with E-state index in [4.69, 9.17) is 25.8 Å². The number of halogens is 3. The highest BCUT2D eigenvalue weighted by atomic mass is 35.5. The number of ether oxygens (including phenoxy) is 4. The van der Waals surface area contributed by atoms with Crippen LogP contribution in [0.4, 0.5) is 8.78 Å². The third kappa shape index (κ3) is 5.10. The molecule has 0 bridgehead atoms. The Morgan fingerprint density at radius 3 is 2.22 bits per heavy atom. The monoisotopic (exact) mass is 398 g/mol. The SMILES string of the molecule is COc1cc(OC)c(C(=O)/C=C/c2ccc(OC(F)F)c(OC)c2)cc1Cl. The summed E-state index contributed by atoms with van der Waals surface area (Å²) in [5, 5.41) is 0.269. The molecule has 0 aliphatic rings. The Kier molecular flexibility index (Phi) is 7.01. The van der Waals surface area contributed by atoms with Gasteiger partial charge in [-0.1, -0.05) is 23.7 Å². The van der Waals surface area contributed by atoms with E-state index in [1.165, 1.54) is 63.8 Å². The Morgan fingerprint density at radius 2 is 1.63 bits per heavy atom. The molecule has 144 valence electrons. The van der Waals surface area contributed by atoms with Crippen molar-refractivity contribution in [1.82, 2.24) is 0 Å². The van der Waals surface area contributed by atoms with Gasteiger partial charge >= 0.3 is 6.61 Å². The van der Waals surface area contributed by atoms with Crippen LogP contribution in [0.15, 0.2) is 36.4 Å². The van der Waals surface area contributed by atoms with Gasteiger partial charge in [-0.3, -0.25) is 4.79 Å². The number of alkyl halides is 2. The summed E-state index contributed by atoms with van der Waals surface area (Å²) in [6.07, 6.45) is 2.82. The minimum atomic E-state index is -2.96. The molecule has 0 fully saturated rings. The average molecular weight is 399 g/mol. The third-order valence-electron chi connectivity index (χ3n) is 3.57. The van der Waals surface area contributed by atoms with Gasteiger partial charge in [0.15, 0.2) is 17.3 Å². The van der Waals surface area contributed by atoms with Crippen LogP contribution in [0, 0.1) is 0 Å². The van der Waals surface area contributed by atoms with Crippen LogP contribution in [0.25, 0.3) is 6.08 Å². The second kappa shape index (κ2) is 9.23. The van der Waals surface area contributed by atoms with E-state index in [1.807, 2.05) is 0 Å². The molecule has 0 saturated carbocycles. The molecule has 2 rings (SSSR count). The highest BCUT2D eigenvalue weighted by molar-refractivity contribution is 6.32. The lowest BCUT2D eigenvalue weighted by Gasteiger charge is -2.11. The van der Waals surface area contributed by atoms with Crippen molar-refractivity contribution >= 4 is 23.5 Å². The first-order valence-corrected chi connectivity index (χ1v) is 8.04. The first-order valence-electron chi connectivity index (χ1n) is 7.66. The van der Waals surface area contributed by atoms with E-state index < -0.39 is 6.61 Å². The zero-order valence-electron chi connectivity index (χ0n) is 14.8. The lowest BCUT2D eigenvalue weighted by molar-refractivity contribution is -0.0512. The molecule has 0 aliphatic carbocycles. The van der Waals surface area contributed by atoms with E-state index in [-0.39, 0.29) is 27.9 Å². The van der Waals surface area contributed by atoms with Crippen molar-refractivity contribution in [2.24, 2.45) is 0 Å². The molecule has 0 atom stereocenters. The molecule has 5 nitrogen and oxygen atoms in total. The van der Waals surface area contributed by atoms with Gasteiger partial charge in [0.05, 0.1) is 31.9 Å². The smallest absolute Gasteiger partial charge is 0.387 e. The van der Waals surface area contributed by atoms with E-state index in [9.17, 15) is 13.6 Å². The van der Waals surface area contributed by atoms with Crippen molar-refractivity contribution in [1.29, 1.82) is 0 Å². The van der Waals surface area contributed by atoms with Gasteiger partial charge in [-0.15, -0.1) is 0 Å². The summed E-state index contributed by atoms with van der Waals surface area (Å²) < 4.78 is 44.4. The molecule has 0 aromatic heterocycles. The molecule has 0 saturated heterocycles. The summed E-state index contributed by atoms with van der Waals surface area (Å²) in [4.78, 5) is 12.5. The van der Waals surface area contributed by atoms with Crippen molar-refractivity contribution in [2.75, 3.05) is 21.3 Å². The summed E-state index contributed by atoms with van der Waals surface area (Å²) in [6, 6.07) is 7.29. The van der Waals surface area contributed by atoms with Crippen LogP contribution >= 0.6 is 11.6 Å². The van der Waals surface area contributed by atoms with Crippen molar-refractivity contribution in [2.45, 2.75) is 6.61 Å². The maximum absolute atomic E-state index is 12.5. The molecular weight excluding hydrogens is 382 g/mol. The lowest BCUT2D eigenvalue weighted by atomic mass is 10.1. The van der Waals surface area contributed by atoms with Gasteiger partial charge in [-0.25, -0.2) is 0 Å². The fourth-order valence-corrected chi connectivity index (χ4v) is 2.54. The second-order valence-electron chi connectivity index (χ2n) is 5.17. The van der Waals surface area contributed by atoms with Gasteiger partial charge < -0.3 is 18.9 Å². The molecule has 0 heterocycles. The molecule has 0 radical (unpaired) electrons. The topological polar surface area (TPSA) is 54.0 Å². The summed E-state index contributed by atoms with van der Waals surface area (Å²) in [5.41, 5.74) is 0.810. The van der Waals surface area contributed by atoms with Crippen LogP contribution in [0.2, 0.25) is 5.02 Å². The van der Waals surface area contributed by atoms with Gasteiger partial charge in [0, 0.05) is 6.07 Å². The highest BCUT2D eigenvalue weighted by Gasteiger charge is 2.15. The maximum Gasteiger partial charge on any atom is 0.387 e. The number of ketones is 1. The number of hydrogen-bond acceptors (Lipinski definition) is 5. The Labute approximate surface area is 160 Å². The second-order valence-corrected chi connectivity index (χ2v) is 5.58. The minimum Gasteiger partial charge on any atom is -0.496 e. The molecular formula is C19H17ClF2O5. The number of hydrogen-bond donors (Lipinski definition) is 0. The standard InChI is InChI=1S/C19H17ClF2O5/c1-24-16-10-17(25-2)13(20)9-12(16)14(23)6-4-11-5-7-15(27-19(21)22)18(8-11)26-3/h4-10,19H,1-3H3/b6-4+. The van der Waals surface area contributed by atoms with Crippen LogP contribution in [-0.2, 0) is 0 Å². The van der Waals surface area contributed by atoms with Crippen LogP contribution in [0.1, 0.15) is 15.9 Å². The van der Waals surface area contributed by atoms with Crippen LogP contribution < -0.4 is 18.9 Å². The average Bonchev–Trinajstić information content (AvgIpc) is 2.66. The molecule has 0 aliphatic heterocycles. The third-order valence-corrected chi connectivity index (χ3v) is 3.87. The first-order chi connectivity index (χ1) is 12.9. The van der Waals surface area contributed by atoms with E-state index >= 15 is 0 Å². The number of carbonyl (C=O) groups excluding carboxylic acids is 1. The van der Waals surface area contributed by atoms with E-state index in [0.29, 0.717) is 17.1 Å². The highest BCUT2D eigenvalue weighted by Crippen LogP contribution is 2.33. The van der Waals surface area contributed by atoms with E-state index in [1.54, 1.807) is 0 Å². The Morgan fingerprint density at radius 1 is 0.963 bits per heavy atom.